The van der Waals surface area contributed by atoms with Crippen LogP contribution in [0.15, 0.2) is 12.3 Å². The van der Waals surface area contributed by atoms with Crippen molar-refractivity contribution in [1.29, 1.82) is 0 Å². The Morgan fingerprint density at radius 1 is 1.80 bits per heavy atom. The molecule has 0 aliphatic rings. The normalized spacial score (nSPS) is 10.2. The van der Waals surface area contributed by atoms with Crippen molar-refractivity contribution in [3.05, 3.63) is 18.0 Å². The lowest BCUT2D eigenvalue weighted by Crippen LogP contribution is -2.30. The van der Waals surface area contributed by atoms with Crippen LogP contribution in [0, 0.1) is 12.3 Å². The Morgan fingerprint density at radius 2 is 2.53 bits per heavy atom. The van der Waals surface area contributed by atoms with Crippen LogP contribution in [0.5, 0.6) is 0 Å². The average Bonchev–Trinajstić information content (AvgIpc) is 2.51. The van der Waals surface area contributed by atoms with Crippen LogP contribution in [0.25, 0.3) is 0 Å². The number of hydrogen-bond donors (Lipinski definition) is 1. The molecule has 15 heavy (non-hydrogen) atoms. The molecule has 0 aliphatic heterocycles. The molecule has 1 N–H and O–H groups in total. The molecule has 1 rings (SSSR count). The zero-order valence-electron chi connectivity index (χ0n) is 8.55. The average molecular weight is 207 g/mol. The number of rotatable bonds is 5. The number of carboxylic acid groups (broad SMARTS) is 1. The minimum Gasteiger partial charge on any atom is -0.480 e. The van der Waals surface area contributed by atoms with Crippen LogP contribution in [0.4, 0.5) is 0 Å². The van der Waals surface area contributed by atoms with E-state index in [0.717, 1.165) is 5.69 Å². The van der Waals surface area contributed by atoms with Gasteiger partial charge in [0.15, 0.2) is 0 Å². The third-order valence-electron chi connectivity index (χ3n) is 1.98. The quantitative estimate of drug-likeness (QED) is 0.687. The Hall–Kier alpha value is -1.80. The van der Waals surface area contributed by atoms with Crippen LogP contribution in [-0.2, 0) is 18.4 Å². The third-order valence-corrected chi connectivity index (χ3v) is 1.98. The molecule has 1 heterocycles. The number of aromatic nitrogens is 2. The van der Waals surface area contributed by atoms with E-state index in [2.05, 4.69) is 11.0 Å². The first kappa shape index (κ1) is 11.3. The summed E-state index contributed by atoms with van der Waals surface area (Å²) < 4.78 is 1.70. The summed E-state index contributed by atoms with van der Waals surface area (Å²) in [6.07, 6.45) is 6.84. The number of aryl methyl sites for hydroxylation is 1. The molecule has 1 aromatic rings. The van der Waals surface area contributed by atoms with E-state index in [1.54, 1.807) is 15.8 Å². The van der Waals surface area contributed by atoms with Crippen molar-refractivity contribution in [1.82, 2.24) is 14.7 Å². The second kappa shape index (κ2) is 5.17. The summed E-state index contributed by atoms with van der Waals surface area (Å²) in [4.78, 5) is 12.2. The first-order valence-corrected chi connectivity index (χ1v) is 4.48. The fraction of sp³-hybridized carbons (Fsp3) is 0.400. The van der Waals surface area contributed by atoms with Gasteiger partial charge in [0.25, 0.3) is 0 Å². The predicted molar refractivity (Wildman–Crippen MR) is 55.0 cm³/mol. The maximum atomic E-state index is 10.6. The lowest BCUT2D eigenvalue weighted by atomic mass is 10.3. The van der Waals surface area contributed by atoms with Crippen LogP contribution in [0.1, 0.15) is 5.69 Å². The number of carbonyl (C=O) groups is 1. The van der Waals surface area contributed by atoms with Gasteiger partial charge in [-0.3, -0.25) is 14.4 Å². The number of aliphatic carboxylic acids is 1. The van der Waals surface area contributed by atoms with Gasteiger partial charge in [-0.2, -0.15) is 5.10 Å². The van der Waals surface area contributed by atoms with E-state index in [1.165, 1.54) is 0 Å². The molecule has 80 valence electrons. The Bertz CT molecular complexity index is 378. The molecule has 5 nitrogen and oxygen atoms in total. The van der Waals surface area contributed by atoms with E-state index in [4.69, 9.17) is 11.5 Å². The van der Waals surface area contributed by atoms with Gasteiger partial charge in [0.2, 0.25) is 0 Å². The largest absolute Gasteiger partial charge is 0.480 e. The molecule has 0 saturated heterocycles. The second-order valence-electron chi connectivity index (χ2n) is 3.19. The molecule has 0 aromatic carbocycles. The lowest BCUT2D eigenvalue weighted by Gasteiger charge is -2.16. The number of carboxylic acids is 1. The van der Waals surface area contributed by atoms with E-state index in [9.17, 15) is 4.79 Å². The third kappa shape index (κ3) is 3.44. The van der Waals surface area contributed by atoms with E-state index in [-0.39, 0.29) is 6.54 Å². The minimum absolute atomic E-state index is 0.0601. The summed E-state index contributed by atoms with van der Waals surface area (Å²) in [5, 5.41) is 12.7. The van der Waals surface area contributed by atoms with Gasteiger partial charge in [0.1, 0.15) is 0 Å². The van der Waals surface area contributed by atoms with Crippen LogP contribution in [0.2, 0.25) is 0 Å². The smallest absolute Gasteiger partial charge is 0.317 e. The fourth-order valence-electron chi connectivity index (χ4n) is 1.27. The van der Waals surface area contributed by atoms with Crippen molar-refractivity contribution in [2.45, 2.75) is 6.54 Å². The first-order chi connectivity index (χ1) is 7.13. The highest BCUT2D eigenvalue weighted by atomic mass is 16.4. The Balaban J connectivity index is 2.63. The molecule has 0 atom stereocenters. The Kier molecular flexibility index (Phi) is 3.89. The maximum absolute atomic E-state index is 10.6. The zero-order chi connectivity index (χ0) is 11.3. The van der Waals surface area contributed by atoms with Crippen molar-refractivity contribution in [3.8, 4) is 12.3 Å². The van der Waals surface area contributed by atoms with Crippen molar-refractivity contribution >= 4 is 5.97 Å². The summed E-state index contributed by atoms with van der Waals surface area (Å²) in [5.74, 6) is 1.56. The van der Waals surface area contributed by atoms with E-state index in [0.29, 0.717) is 13.1 Å². The van der Waals surface area contributed by atoms with E-state index >= 15 is 0 Å². The summed E-state index contributed by atoms with van der Waals surface area (Å²) >= 11 is 0. The molecule has 0 bridgehead atoms. The topological polar surface area (TPSA) is 58.4 Å². The number of nitrogens with zero attached hydrogens (tertiary/aromatic N) is 3. The van der Waals surface area contributed by atoms with Gasteiger partial charge in [-0.1, -0.05) is 5.92 Å². The summed E-state index contributed by atoms with van der Waals surface area (Å²) in [6, 6.07) is 1.84. The maximum Gasteiger partial charge on any atom is 0.317 e. The standard InChI is InChI=1S/C10H13N3O2/c1-3-6-13(8-10(14)15)7-9-4-5-11-12(9)2/h1,4-5H,6-8H2,2H3,(H,14,15). The predicted octanol–water partition coefficient (Wildman–Crippen LogP) is -0.0601. The molecule has 0 spiro atoms. The van der Waals surface area contributed by atoms with Gasteiger partial charge in [-0.25, -0.2) is 0 Å². The highest BCUT2D eigenvalue weighted by molar-refractivity contribution is 5.69. The summed E-state index contributed by atoms with van der Waals surface area (Å²) in [6.45, 7) is 0.750. The molecular weight excluding hydrogens is 194 g/mol. The molecule has 0 radical (unpaired) electrons. The summed E-state index contributed by atoms with van der Waals surface area (Å²) in [5.41, 5.74) is 0.937. The molecular formula is C10H13N3O2. The number of hydrogen-bond acceptors (Lipinski definition) is 3. The first-order valence-electron chi connectivity index (χ1n) is 4.48. The molecule has 0 aliphatic carbocycles. The van der Waals surface area contributed by atoms with Gasteiger partial charge >= 0.3 is 5.97 Å². The Morgan fingerprint density at radius 3 is 3.00 bits per heavy atom. The second-order valence-corrected chi connectivity index (χ2v) is 3.19. The van der Waals surface area contributed by atoms with Gasteiger partial charge in [0, 0.05) is 19.8 Å². The Labute approximate surface area is 88.3 Å². The zero-order valence-corrected chi connectivity index (χ0v) is 8.55. The van der Waals surface area contributed by atoms with Gasteiger partial charge < -0.3 is 5.11 Å². The lowest BCUT2D eigenvalue weighted by molar-refractivity contribution is -0.138. The van der Waals surface area contributed by atoms with Crippen molar-refractivity contribution in [2.75, 3.05) is 13.1 Å². The monoisotopic (exact) mass is 207 g/mol. The van der Waals surface area contributed by atoms with Gasteiger partial charge in [-0.15, -0.1) is 6.42 Å². The van der Waals surface area contributed by atoms with Crippen molar-refractivity contribution < 1.29 is 9.90 Å². The SMILES string of the molecule is C#CCN(CC(=O)O)Cc1ccnn1C. The van der Waals surface area contributed by atoms with E-state index in [1.807, 2.05) is 13.1 Å². The van der Waals surface area contributed by atoms with Crippen molar-refractivity contribution in [3.63, 3.8) is 0 Å². The molecule has 5 heteroatoms. The van der Waals surface area contributed by atoms with Gasteiger partial charge in [-0.05, 0) is 6.07 Å². The van der Waals surface area contributed by atoms with Crippen LogP contribution < -0.4 is 0 Å². The minimum atomic E-state index is -0.882. The van der Waals surface area contributed by atoms with Crippen molar-refractivity contribution in [2.24, 2.45) is 7.05 Å². The molecule has 0 saturated carbocycles. The molecule has 0 unspecified atom stereocenters. The van der Waals surface area contributed by atoms with Crippen LogP contribution >= 0.6 is 0 Å². The highest BCUT2D eigenvalue weighted by Gasteiger charge is 2.10. The van der Waals surface area contributed by atoms with Crippen LogP contribution in [0.3, 0.4) is 0 Å². The highest BCUT2D eigenvalue weighted by Crippen LogP contribution is 2.02. The fourth-order valence-corrected chi connectivity index (χ4v) is 1.27. The van der Waals surface area contributed by atoms with Gasteiger partial charge in [0.05, 0.1) is 18.8 Å². The summed E-state index contributed by atoms with van der Waals surface area (Å²) in [7, 11) is 1.81. The molecule has 0 fully saturated rings. The molecule has 1 aromatic heterocycles. The van der Waals surface area contributed by atoms with E-state index < -0.39 is 5.97 Å². The van der Waals surface area contributed by atoms with Crippen LogP contribution in [-0.4, -0.2) is 38.8 Å². The number of terminal acetylenes is 1. The molecule has 0 amide bonds.